The third-order valence-electron chi connectivity index (χ3n) is 6.33. The molecule has 1 aliphatic heterocycles. The summed E-state index contributed by atoms with van der Waals surface area (Å²) in [5.74, 6) is -2.61. The number of aliphatic hydroxyl groups excluding tert-OH is 3. The van der Waals surface area contributed by atoms with Crippen LogP contribution in [0.1, 0.15) is 47.6 Å². The van der Waals surface area contributed by atoms with Gasteiger partial charge in [0, 0.05) is 17.9 Å². The highest BCUT2D eigenvalue weighted by Crippen LogP contribution is 2.38. The number of hydrogen-bond donors (Lipinski definition) is 3. The average Bonchev–Trinajstić information content (AvgIpc) is 2.80. The minimum atomic E-state index is -2.61. The molecule has 3 N–H and O–H groups in total. The fraction of sp³-hybridized carbons (Fsp3) is 0.440. The molecule has 0 bridgehead atoms. The van der Waals surface area contributed by atoms with Gasteiger partial charge in [0.1, 0.15) is 29.9 Å². The van der Waals surface area contributed by atoms with Crippen molar-refractivity contribution in [1.82, 2.24) is 0 Å². The fourth-order valence-electron chi connectivity index (χ4n) is 4.34. The number of benzene rings is 2. The van der Waals surface area contributed by atoms with Crippen LogP contribution in [0.25, 0.3) is 5.57 Å². The summed E-state index contributed by atoms with van der Waals surface area (Å²) in [6, 6.07) is 13.1. The summed E-state index contributed by atoms with van der Waals surface area (Å²) in [5, 5.41) is 31.4. The Morgan fingerprint density at radius 2 is 1.79 bits per heavy atom. The second kappa shape index (κ2) is 10.0. The van der Waals surface area contributed by atoms with Crippen molar-refractivity contribution in [2.75, 3.05) is 6.26 Å². The highest BCUT2D eigenvalue weighted by Gasteiger charge is 2.44. The number of halogens is 3. The molecule has 0 amide bonds. The van der Waals surface area contributed by atoms with Crippen LogP contribution in [-0.2, 0) is 11.2 Å². The quantitative estimate of drug-likeness (QED) is 0.545. The number of allylic oxidation sites excluding steroid dienone is 2. The molecule has 0 radical (unpaired) electrons. The van der Waals surface area contributed by atoms with Gasteiger partial charge in [-0.05, 0) is 53.0 Å². The van der Waals surface area contributed by atoms with E-state index in [-0.39, 0.29) is 12.8 Å². The van der Waals surface area contributed by atoms with Gasteiger partial charge < -0.3 is 20.1 Å². The van der Waals surface area contributed by atoms with E-state index in [4.69, 9.17) is 16.3 Å². The lowest BCUT2D eigenvalue weighted by Crippen LogP contribution is -2.52. The smallest absolute Gasteiger partial charge is 0.251 e. The van der Waals surface area contributed by atoms with Crippen molar-refractivity contribution in [2.45, 2.75) is 61.5 Å². The first-order valence-electron chi connectivity index (χ1n) is 10.9. The largest absolute Gasteiger partial charge is 0.387 e. The molecule has 33 heavy (non-hydrogen) atoms. The zero-order valence-electron chi connectivity index (χ0n) is 18.1. The third kappa shape index (κ3) is 5.45. The van der Waals surface area contributed by atoms with Crippen molar-refractivity contribution in [3.8, 4) is 0 Å². The van der Waals surface area contributed by atoms with E-state index in [9.17, 15) is 24.1 Å². The van der Waals surface area contributed by atoms with Gasteiger partial charge in [0.15, 0.2) is 0 Å². The Bertz CT molecular complexity index is 1010. The second-order valence-electron chi connectivity index (χ2n) is 8.65. The Labute approximate surface area is 201 Å². The first-order chi connectivity index (χ1) is 15.7. The first kappa shape index (κ1) is 24.6. The Morgan fingerprint density at radius 1 is 1.06 bits per heavy atom. The molecule has 178 valence electrons. The maximum Gasteiger partial charge on any atom is 0.251 e. The minimum Gasteiger partial charge on any atom is -0.387 e. The number of hydrogen-bond acceptors (Lipinski definition) is 5. The lowest BCUT2D eigenvalue weighted by molar-refractivity contribution is -0.200. The van der Waals surface area contributed by atoms with Gasteiger partial charge in [0.25, 0.3) is 5.92 Å². The Kier molecular flexibility index (Phi) is 7.48. The standard InChI is InChI=1S/C25H27ClF2O4S/c1-33-24-22(31)20(29)21(30)23(32-24)17-6-7-19(26)18(13-17)12-14-2-4-15(5-3-14)16-8-10-25(27,28)11-9-16/h2-8,13,20-24,29-31H,9-12H2,1H3/t20-,21-,22+,23+,24-/m1/s1. The lowest BCUT2D eigenvalue weighted by Gasteiger charge is -2.40. The van der Waals surface area contributed by atoms with E-state index in [0.717, 1.165) is 22.3 Å². The molecule has 1 saturated heterocycles. The zero-order chi connectivity index (χ0) is 23.8. The molecular formula is C25H27ClF2O4S. The first-order valence-corrected chi connectivity index (χ1v) is 12.5. The van der Waals surface area contributed by atoms with E-state index >= 15 is 0 Å². The van der Waals surface area contributed by atoms with E-state index in [1.807, 2.05) is 30.3 Å². The zero-order valence-corrected chi connectivity index (χ0v) is 19.7. The van der Waals surface area contributed by atoms with Gasteiger partial charge in [-0.15, -0.1) is 11.8 Å². The molecule has 0 saturated carbocycles. The number of aliphatic hydroxyl groups is 3. The molecular weight excluding hydrogens is 470 g/mol. The van der Waals surface area contributed by atoms with Gasteiger partial charge in [0.2, 0.25) is 0 Å². The van der Waals surface area contributed by atoms with Crippen LogP contribution in [0.4, 0.5) is 8.78 Å². The van der Waals surface area contributed by atoms with Gasteiger partial charge >= 0.3 is 0 Å². The van der Waals surface area contributed by atoms with Crippen LogP contribution in [-0.4, -0.2) is 51.2 Å². The predicted octanol–water partition coefficient (Wildman–Crippen LogP) is 4.98. The molecule has 4 rings (SSSR count). The summed E-state index contributed by atoms with van der Waals surface area (Å²) >= 11 is 7.70. The third-order valence-corrected chi connectivity index (χ3v) is 7.55. The van der Waals surface area contributed by atoms with Crippen LogP contribution in [0.15, 0.2) is 48.5 Å². The number of thioether (sulfide) groups is 1. The minimum absolute atomic E-state index is 0.124. The Hall–Kier alpha value is -1.48. The molecule has 2 aromatic rings. The van der Waals surface area contributed by atoms with Gasteiger partial charge in [-0.25, -0.2) is 8.78 Å². The molecule has 0 aromatic heterocycles. The molecule has 2 aromatic carbocycles. The van der Waals surface area contributed by atoms with Crippen LogP contribution in [0.5, 0.6) is 0 Å². The van der Waals surface area contributed by atoms with E-state index in [1.165, 1.54) is 11.8 Å². The highest BCUT2D eigenvalue weighted by molar-refractivity contribution is 7.99. The second-order valence-corrected chi connectivity index (χ2v) is 9.99. The molecule has 5 atom stereocenters. The molecule has 4 nitrogen and oxygen atoms in total. The molecule has 1 fully saturated rings. The molecule has 0 spiro atoms. The van der Waals surface area contributed by atoms with Gasteiger partial charge in [0.05, 0.1) is 0 Å². The predicted molar refractivity (Wildman–Crippen MR) is 127 cm³/mol. The fourth-order valence-corrected chi connectivity index (χ4v) is 5.19. The van der Waals surface area contributed by atoms with Crippen LogP contribution >= 0.6 is 23.4 Å². The Balaban J connectivity index is 1.51. The summed E-state index contributed by atoms with van der Waals surface area (Å²) in [6.45, 7) is 0. The van der Waals surface area contributed by atoms with Crippen LogP contribution in [0, 0.1) is 0 Å². The van der Waals surface area contributed by atoms with E-state index in [0.29, 0.717) is 23.4 Å². The van der Waals surface area contributed by atoms with Crippen LogP contribution < -0.4 is 0 Å². The van der Waals surface area contributed by atoms with Crippen molar-refractivity contribution >= 4 is 28.9 Å². The average molecular weight is 497 g/mol. The van der Waals surface area contributed by atoms with Crippen molar-refractivity contribution in [2.24, 2.45) is 0 Å². The topological polar surface area (TPSA) is 69.9 Å². The van der Waals surface area contributed by atoms with Crippen molar-refractivity contribution in [3.05, 3.63) is 75.8 Å². The van der Waals surface area contributed by atoms with Gasteiger partial charge in [-0.1, -0.05) is 54.1 Å². The van der Waals surface area contributed by atoms with Gasteiger partial charge in [-0.2, -0.15) is 0 Å². The molecule has 8 heteroatoms. The molecule has 1 aliphatic carbocycles. The summed E-state index contributed by atoms with van der Waals surface area (Å²) in [6.07, 6.45) is -0.618. The van der Waals surface area contributed by atoms with Crippen molar-refractivity contribution in [1.29, 1.82) is 0 Å². The normalized spacial score (nSPS) is 29.5. The van der Waals surface area contributed by atoms with E-state index in [2.05, 4.69) is 0 Å². The van der Waals surface area contributed by atoms with Crippen molar-refractivity contribution < 1.29 is 28.8 Å². The monoisotopic (exact) mass is 496 g/mol. The molecule has 2 aliphatic rings. The van der Waals surface area contributed by atoms with Gasteiger partial charge in [-0.3, -0.25) is 0 Å². The lowest BCUT2D eigenvalue weighted by atomic mass is 9.90. The highest BCUT2D eigenvalue weighted by atomic mass is 35.5. The maximum absolute atomic E-state index is 13.4. The number of ether oxygens (including phenoxy) is 1. The summed E-state index contributed by atoms with van der Waals surface area (Å²) in [5.41, 5.74) is 3.73. The van der Waals surface area contributed by atoms with Crippen LogP contribution in [0.2, 0.25) is 5.02 Å². The van der Waals surface area contributed by atoms with E-state index in [1.54, 1.807) is 24.5 Å². The molecule has 0 unspecified atom stereocenters. The summed E-state index contributed by atoms with van der Waals surface area (Å²) < 4.78 is 32.7. The summed E-state index contributed by atoms with van der Waals surface area (Å²) in [4.78, 5) is 0. The number of rotatable bonds is 5. The van der Waals surface area contributed by atoms with Crippen LogP contribution in [0.3, 0.4) is 0 Å². The SMILES string of the molecule is CS[C@H]1O[C@@H](c2ccc(Cl)c(Cc3ccc(C4=CCC(F)(F)CC4)cc3)c2)[C@H](O)[C@@H](O)[C@@H]1O. The van der Waals surface area contributed by atoms with Crippen molar-refractivity contribution in [3.63, 3.8) is 0 Å². The number of alkyl halides is 2. The van der Waals surface area contributed by atoms with E-state index < -0.39 is 35.8 Å². The molecule has 1 heterocycles. The summed E-state index contributed by atoms with van der Waals surface area (Å²) in [7, 11) is 0. The maximum atomic E-state index is 13.4. The Morgan fingerprint density at radius 3 is 2.42 bits per heavy atom.